The maximum atomic E-state index is 14.3. The van der Waals surface area contributed by atoms with E-state index < -0.39 is 12.0 Å². The number of nitriles is 1. The molecule has 228 valence electrons. The van der Waals surface area contributed by atoms with Gasteiger partial charge in [0, 0.05) is 11.1 Å². The van der Waals surface area contributed by atoms with Gasteiger partial charge in [-0.15, -0.1) is 0 Å². The van der Waals surface area contributed by atoms with Gasteiger partial charge in [-0.1, -0.05) is 84.1 Å². The molecule has 0 aliphatic carbocycles. The second-order valence-electron chi connectivity index (χ2n) is 10.3. The zero-order chi connectivity index (χ0) is 32.0. The number of rotatable bonds is 9. The molecule has 5 aromatic rings. The van der Waals surface area contributed by atoms with Gasteiger partial charge in [-0.05, 0) is 54.5 Å². The van der Waals surface area contributed by atoms with Crippen LogP contribution in [0.25, 0.3) is 11.8 Å². The summed E-state index contributed by atoms with van der Waals surface area (Å²) in [6, 6.07) is 32.7. The Morgan fingerprint density at radius 1 is 0.978 bits per heavy atom. The van der Waals surface area contributed by atoms with Gasteiger partial charge in [0.15, 0.2) is 4.80 Å². The highest BCUT2D eigenvalue weighted by atomic mass is 32.1. The lowest BCUT2D eigenvalue weighted by molar-refractivity contribution is -0.138. The average Bonchev–Trinajstić information content (AvgIpc) is 3.41. The minimum Gasteiger partial charge on any atom is -0.497 e. The zero-order valence-corrected chi connectivity index (χ0v) is 26.0. The first-order chi connectivity index (χ1) is 22.5. The van der Waals surface area contributed by atoms with E-state index in [1.165, 1.54) is 11.3 Å². The molecule has 4 aromatic carbocycles. The number of carbonyl (C=O) groups excluding carboxylic acids is 1. The number of thiazole rings is 1. The highest BCUT2D eigenvalue weighted by molar-refractivity contribution is 7.07. The fourth-order valence-corrected chi connectivity index (χ4v) is 6.24. The van der Waals surface area contributed by atoms with Crippen LogP contribution in [-0.4, -0.2) is 24.3 Å². The Balaban J connectivity index is 1.50. The summed E-state index contributed by atoms with van der Waals surface area (Å²) in [4.78, 5) is 33.3. The molecule has 0 amide bonds. The number of aromatic nitrogens is 1. The maximum absolute atomic E-state index is 14.3. The third-order valence-corrected chi connectivity index (χ3v) is 8.47. The Morgan fingerprint density at radius 3 is 2.39 bits per heavy atom. The summed E-state index contributed by atoms with van der Waals surface area (Å²) in [5.74, 6) is 0.710. The fraction of sp³-hybridized carbons (Fsp3) is 0.135. The fourth-order valence-electron chi connectivity index (χ4n) is 5.25. The number of carbonyl (C=O) groups is 1. The average molecular weight is 628 g/mol. The van der Waals surface area contributed by atoms with Crippen LogP contribution in [0.4, 0.5) is 0 Å². The minimum atomic E-state index is -0.790. The lowest BCUT2D eigenvalue weighted by Gasteiger charge is -2.26. The zero-order valence-electron chi connectivity index (χ0n) is 25.2. The molecule has 46 heavy (non-hydrogen) atoms. The summed E-state index contributed by atoms with van der Waals surface area (Å²) in [6.45, 7) is 2.21. The van der Waals surface area contributed by atoms with Crippen molar-refractivity contribution in [1.29, 1.82) is 5.26 Å². The molecule has 0 unspecified atom stereocenters. The molecule has 1 aliphatic rings. The van der Waals surface area contributed by atoms with Crippen LogP contribution in [0.5, 0.6) is 11.5 Å². The molecule has 0 radical (unpaired) electrons. The summed E-state index contributed by atoms with van der Waals surface area (Å²) in [6.07, 6.45) is 1.79. The number of hydrogen-bond acceptors (Lipinski definition) is 8. The number of fused-ring (bicyclic) bond motifs is 1. The van der Waals surface area contributed by atoms with Gasteiger partial charge in [0.1, 0.15) is 18.1 Å². The Morgan fingerprint density at radius 2 is 1.70 bits per heavy atom. The lowest BCUT2D eigenvalue weighted by atomic mass is 9.93. The van der Waals surface area contributed by atoms with E-state index in [0.29, 0.717) is 44.3 Å². The maximum Gasteiger partial charge on any atom is 0.338 e. The lowest BCUT2D eigenvalue weighted by Crippen LogP contribution is -2.40. The second kappa shape index (κ2) is 13.5. The third kappa shape index (κ3) is 6.11. The molecule has 0 spiro atoms. The predicted octanol–water partition coefficient (Wildman–Crippen LogP) is 5.39. The van der Waals surface area contributed by atoms with Crippen molar-refractivity contribution in [2.75, 3.05) is 13.7 Å². The van der Waals surface area contributed by atoms with Gasteiger partial charge in [-0.25, -0.2) is 9.79 Å². The summed E-state index contributed by atoms with van der Waals surface area (Å²) >= 11 is 1.25. The molecule has 0 saturated carbocycles. The van der Waals surface area contributed by atoms with Crippen LogP contribution in [0, 0.1) is 11.3 Å². The Hall–Kier alpha value is -5.72. The van der Waals surface area contributed by atoms with Crippen LogP contribution in [0.3, 0.4) is 0 Å². The first kappa shape index (κ1) is 30.3. The Bertz CT molecular complexity index is 2140. The van der Waals surface area contributed by atoms with Crippen LogP contribution >= 0.6 is 11.3 Å². The molecule has 2 heterocycles. The van der Waals surface area contributed by atoms with Crippen LogP contribution < -0.4 is 24.4 Å². The van der Waals surface area contributed by atoms with Crippen LogP contribution in [-0.2, 0) is 16.1 Å². The van der Waals surface area contributed by atoms with Crippen molar-refractivity contribution < 1.29 is 19.0 Å². The van der Waals surface area contributed by atoms with Crippen molar-refractivity contribution in [2.24, 2.45) is 4.99 Å². The van der Waals surface area contributed by atoms with E-state index in [2.05, 4.69) is 6.07 Å². The van der Waals surface area contributed by atoms with Gasteiger partial charge < -0.3 is 14.2 Å². The number of hydrogen-bond donors (Lipinski definition) is 0. The second-order valence-corrected chi connectivity index (χ2v) is 11.3. The third-order valence-electron chi connectivity index (χ3n) is 7.49. The number of ether oxygens (including phenoxy) is 3. The molecule has 9 heteroatoms. The van der Waals surface area contributed by atoms with Crippen molar-refractivity contribution in [3.05, 3.63) is 156 Å². The number of nitrogens with zero attached hydrogens (tertiary/aromatic N) is 3. The standard InChI is InChI=1S/C37H29N3O5S/c1-3-44-36(42)32-33(26-9-5-4-6-10-26)39-37-40(34(32)27-17-19-29(43-2)20-18-27)35(41)31(46-37)21-28-11-7-8-12-30(28)45-23-25-15-13-24(22-38)14-16-25/h4-21,34H,3,23H2,1-2H3/b31-21-/t34-/m1/s1. The van der Waals surface area contributed by atoms with E-state index in [-0.39, 0.29) is 17.7 Å². The van der Waals surface area contributed by atoms with E-state index in [1.54, 1.807) is 48.9 Å². The summed E-state index contributed by atoms with van der Waals surface area (Å²) in [5, 5.41) is 9.09. The van der Waals surface area contributed by atoms with Crippen molar-refractivity contribution in [2.45, 2.75) is 19.6 Å². The summed E-state index contributed by atoms with van der Waals surface area (Å²) in [5.41, 5.74) is 4.11. The smallest absolute Gasteiger partial charge is 0.338 e. The Labute approximate surface area is 269 Å². The van der Waals surface area contributed by atoms with Crippen molar-refractivity contribution in [3.8, 4) is 17.6 Å². The first-order valence-electron chi connectivity index (χ1n) is 14.6. The van der Waals surface area contributed by atoms with Gasteiger partial charge in [-0.2, -0.15) is 5.26 Å². The number of esters is 1. The first-order valence-corrected chi connectivity index (χ1v) is 15.5. The van der Waals surface area contributed by atoms with Gasteiger partial charge in [0.2, 0.25) is 0 Å². The highest BCUT2D eigenvalue weighted by Crippen LogP contribution is 2.35. The van der Waals surface area contributed by atoms with E-state index >= 15 is 0 Å². The molecule has 6 rings (SSSR count). The monoisotopic (exact) mass is 627 g/mol. The minimum absolute atomic E-state index is 0.170. The molecule has 0 fully saturated rings. The topological polar surface area (TPSA) is 103 Å². The summed E-state index contributed by atoms with van der Waals surface area (Å²) < 4.78 is 19.1. The largest absolute Gasteiger partial charge is 0.497 e. The number of benzene rings is 4. The Kier molecular flexibility index (Phi) is 8.90. The number of para-hydroxylation sites is 1. The SMILES string of the molecule is CCOC(=O)C1=C(c2ccccc2)N=c2s/c(=C\c3ccccc3OCc3ccc(C#N)cc3)c(=O)n2[C@@H]1c1ccc(OC)cc1. The predicted molar refractivity (Wildman–Crippen MR) is 176 cm³/mol. The van der Waals surface area contributed by atoms with Gasteiger partial charge in [0.25, 0.3) is 5.56 Å². The van der Waals surface area contributed by atoms with Crippen LogP contribution in [0.15, 0.2) is 118 Å². The molecular weight excluding hydrogens is 598 g/mol. The van der Waals surface area contributed by atoms with Gasteiger partial charge >= 0.3 is 5.97 Å². The van der Waals surface area contributed by atoms with Gasteiger partial charge in [-0.3, -0.25) is 9.36 Å². The van der Waals surface area contributed by atoms with E-state index in [4.69, 9.17) is 24.5 Å². The van der Waals surface area contributed by atoms with Crippen molar-refractivity contribution in [1.82, 2.24) is 4.57 Å². The molecule has 1 aliphatic heterocycles. The summed E-state index contributed by atoms with van der Waals surface area (Å²) in [7, 11) is 1.58. The van der Waals surface area contributed by atoms with E-state index in [1.807, 2.05) is 78.9 Å². The van der Waals surface area contributed by atoms with Crippen molar-refractivity contribution in [3.63, 3.8) is 0 Å². The number of methoxy groups -OCH3 is 1. The molecule has 0 bridgehead atoms. The molecular formula is C37H29N3O5S. The van der Waals surface area contributed by atoms with Crippen LogP contribution in [0.1, 0.15) is 40.8 Å². The van der Waals surface area contributed by atoms with Crippen molar-refractivity contribution >= 4 is 29.1 Å². The molecule has 0 saturated heterocycles. The van der Waals surface area contributed by atoms with Gasteiger partial charge in [0.05, 0.1) is 47.2 Å². The quantitative estimate of drug-likeness (QED) is 0.203. The molecule has 1 aromatic heterocycles. The molecule has 0 N–H and O–H groups in total. The molecule has 8 nitrogen and oxygen atoms in total. The highest BCUT2D eigenvalue weighted by Gasteiger charge is 2.35. The van der Waals surface area contributed by atoms with E-state index in [0.717, 1.165) is 16.7 Å². The van der Waals surface area contributed by atoms with E-state index in [9.17, 15) is 9.59 Å². The normalized spacial score (nSPS) is 14.2. The van der Waals surface area contributed by atoms with Crippen LogP contribution in [0.2, 0.25) is 0 Å². The molecule has 1 atom stereocenters.